The molecule has 27 heavy (non-hydrogen) atoms. The number of amides is 1. The van der Waals surface area contributed by atoms with Crippen molar-refractivity contribution < 1.29 is 14.3 Å². The van der Waals surface area contributed by atoms with Gasteiger partial charge < -0.3 is 14.8 Å². The van der Waals surface area contributed by atoms with Crippen LogP contribution in [-0.2, 0) is 17.8 Å². The van der Waals surface area contributed by atoms with Gasteiger partial charge in [-0.2, -0.15) is 10.4 Å². The molecule has 140 valence electrons. The zero-order valence-electron chi connectivity index (χ0n) is 15.2. The van der Waals surface area contributed by atoms with Crippen LogP contribution in [0.2, 0.25) is 0 Å². The molecule has 2 heterocycles. The number of aryl methyl sites for hydroxylation is 1. The van der Waals surface area contributed by atoms with E-state index in [1.165, 1.54) is 0 Å². The first-order valence-corrected chi connectivity index (χ1v) is 8.63. The smallest absolute Gasteiger partial charge is 0.285 e. The molecule has 2 aromatic rings. The molecule has 8 heteroatoms. The van der Waals surface area contributed by atoms with Gasteiger partial charge in [-0.3, -0.25) is 9.59 Å². The standard InChI is InChI=1S/C19H20N4O4/c1-12-13(2)22-23(19(25)15(12)10-20)11-18(24)21-6-5-14-3-4-16-17(9-14)27-8-7-26-16/h3-4,9H,5-8,11H2,1-2H3,(H,21,24). The fourth-order valence-corrected chi connectivity index (χ4v) is 2.79. The number of nitrogens with one attached hydrogen (secondary N) is 1. The Balaban J connectivity index is 1.59. The number of aromatic nitrogens is 2. The Kier molecular flexibility index (Phi) is 5.41. The maximum atomic E-state index is 12.2. The second-order valence-corrected chi connectivity index (χ2v) is 6.24. The fraction of sp³-hybridized carbons (Fsp3) is 0.368. The lowest BCUT2D eigenvalue weighted by molar-refractivity contribution is -0.121. The highest BCUT2D eigenvalue weighted by atomic mass is 16.6. The molecule has 1 aliphatic rings. The maximum absolute atomic E-state index is 12.2. The highest BCUT2D eigenvalue weighted by Crippen LogP contribution is 2.30. The van der Waals surface area contributed by atoms with Crippen molar-refractivity contribution in [3.05, 3.63) is 50.9 Å². The van der Waals surface area contributed by atoms with Crippen molar-refractivity contribution in [1.82, 2.24) is 15.1 Å². The van der Waals surface area contributed by atoms with E-state index < -0.39 is 5.56 Å². The summed E-state index contributed by atoms with van der Waals surface area (Å²) in [6.45, 7) is 4.61. The number of carbonyl (C=O) groups is 1. The number of hydrogen-bond donors (Lipinski definition) is 1. The number of fused-ring (bicyclic) bond motifs is 1. The van der Waals surface area contributed by atoms with Crippen molar-refractivity contribution in [2.75, 3.05) is 19.8 Å². The average molecular weight is 368 g/mol. The topological polar surface area (TPSA) is 106 Å². The van der Waals surface area contributed by atoms with Gasteiger partial charge in [0.05, 0.1) is 5.69 Å². The lowest BCUT2D eigenvalue weighted by Crippen LogP contribution is -2.36. The molecule has 0 saturated carbocycles. The zero-order valence-corrected chi connectivity index (χ0v) is 15.2. The third-order valence-electron chi connectivity index (χ3n) is 4.38. The minimum Gasteiger partial charge on any atom is -0.486 e. The number of nitriles is 1. The molecule has 0 spiro atoms. The fourth-order valence-electron chi connectivity index (χ4n) is 2.79. The molecule has 8 nitrogen and oxygen atoms in total. The third-order valence-corrected chi connectivity index (χ3v) is 4.38. The number of hydrogen-bond acceptors (Lipinski definition) is 6. The molecule has 1 amide bonds. The van der Waals surface area contributed by atoms with Gasteiger partial charge in [0.15, 0.2) is 11.5 Å². The van der Waals surface area contributed by atoms with Crippen LogP contribution in [0.5, 0.6) is 11.5 Å². The predicted molar refractivity (Wildman–Crippen MR) is 96.8 cm³/mol. The molecule has 0 atom stereocenters. The Labute approximate surface area is 156 Å². The first-order valence-electron chi connectivity index (χ1n) is 8.63. The van der Waals surface area contributed by atoms with Crippen LogP contribution < -0.4 is 20.3 Å². The molecule has 1 aromatic heterocycles. The Hall–Kier alpha value is -3.34. The van der Waals surface area contributed by atoms with Gasteiger partial charge >= 0.3 is 0 Å². The zero-order chi connectivity index (χ0) is 19.4. The molecule has 1 aromatic carbocycles. The highest BCUT2D eigenvalue weighted by Gasteiger charge is 2.14. The van der Waals surface area contributed by atoms with Gasteiger partial charge in [0, 0.05) is 6.54 Å². The average Bonchev–Trinajstić information content (AvgIpc) is 2.66. The second-order valence-electron chi connectivity index (χ2n) is 6.24. The molecule has 3 rings (SSSR count). The van der Waals surface area contributed by atoms with E-state index in [0.717, 1.165) is 16.0 Å². The second kappa shape index (κ2) is 7.91. The van der Waals surface area contributed by atoms with Gasteiger partial charge in [-0.15, -0.1) is 0 Å². The van der Waals surface area contributed by atoms with Crippen LogP contribution >= 0.6 is 0 Å². The first kappa shape index (κ1) is 18.5. The summed E-state index contributed by atoms with van der Waals surface area (Å²) in [7, 11) is 0. The Morgan fingerprint density at radius 2 is 2.04 bits per heavy atom. The summed E-state index contributed by atoms with van der Waals surface area (Å²) < 4.78 is 12.0. The maximum Gasteiger partial charge on any atom is 0.285 e. The number of carbonyl (C=O) groups excluding carboxylic acids is 1. The summed E-state index contributed by atoms with van der Waals surface area (Å²) in [5.74, 6) is 1.09. The minimum absolute atomic E-state index is 0.0200. The van der Waals surface area contributed by atoms with Gasteiger partial charge in [0.1, 0.15) is 31.4 Å². The monoisotopic (exact) mass is 368 g/mol. The highest BCUT2D eigenvalue weighted by molar-refractivity contribution is 5.75. The summed E-state index contributed by atoms with van der Waals surface area (Å²) in [6.07, 6.45) is 0.612. The van der Waals surface area contributed by atoms with Crippen molar-refractivity contribution >= 4 is 5.91 Å². The van der Waals surface area contributed by atoms with Crippen LogP contribution in [0.1, 0.15) is 22.4 Å². The van der Waals surface area contributed by atoms with Crippen LogP contribution in [0.4, 0.5) is 0 Å². The van der Waals surface area contributed by atoms with Crippen molar-refractivity contribution in [3.8, 4) is 17.6 Å². The van der Waals surface area contributed by atoms with E-state index in [2.05, 4.69) is 10.4 Å². The molecule has 0 saturated heterocycles. The van der Waals surface area contributed by atoms with Gasteiger partial charge in [0.25, 0.3) is 5.56 Å². The molecule has 0 unspecified atom stereocenters. The van der Waals surface area contributed by atoms with E-state index >= 15 is 0 Å². The van der Waals surface area contributed by atoms with Gasteiger partial charge in [-0.25, -0.2) is 4.68 Å². The normalized spacial score (nSPS) is 12.3. The lowest BCUT2D eigenvalue weighted by atomic mass is 10.1. The predicted octanol–water partition coefficient (Wildman–Crippen LogP) is 0.862. The Morgan fingerprint density at radius 3 is 2.78 bits per heavy atom. The van der Waals surface area contributed by atoms with Gasteiger partial charge in [0.2, 0.25) is 5.91 Å². The first-order chi connectivity index (χ1) is 13.0. The number of nitrogens with zero attached hydrogens (tertiary/aromatic N) is 3. The number of ether oxygens (including phenoxy) is 2. The molecule has 0 bridgehead atoms. The quantitative estimate of drug-likeness (QED) is 0.839. The summed E-state index contributed by atoms with van der Waals surface area (Å²) in [5.41, 5.74) is 1.56. The van der Waals surface area contributed by atoms with Crippen LogP contribution in [0.15, 0.2) is 23.0 Å². The van der Waals surface area contributed by atoms with Crippen molar-refractivity contribution in [2.24, 2.45) is 0 Å². The Morgan fingerprint density at radius 1 is 1.30 bits per heavy atom. The number of rotatable bonds is 5. The van der Waals surface area contributed by atoms with Gasteiger partial charge in [-0.05, 0) is 43.5 Å². The molecule has 1 N–H and O–H groups in total. The SMILES string of the molecule is Cc1nn(CC(=O)NCCc2ccc3c(c2)OCCO3)c(=O)c(C#N)c1C. The molecule has 0 radical (unpaired) electrons. The Bertz CT molecular complexity index is 975. The van der Waals surface area contributed by atoms with E-state index in [1.54, 1.807) is 13.8 Å². The molecular weight excluding hydrogens is 348 g/mol. The summed E-state index contributed by atoms with van der Waals surface area (Å²) in [4.78, 5) is 24.4. The van der Waals surface area contributed by atoms with Crippen molar-refractivity contribution in [1.29, 1.82) is 5.26 Å². The minimum atomic E-state index is -0.553. The van der Waals surface area contributed by atoms with Crippen LogP contribution in [0, 0.1) is 25.2 Å². The van der Waals surface area contributed by atoms with E-state index in [0.29, 0.717) is 43.2 Å². The van der Waals surface area contributed by atoms with Gasteiger partial charge in [-0.1, -0.05) is 6.07 Å². The van der Waals surface area contributed by atoms with Crippen LogP contribution in [0.25, 0.3) is 0 Å². The summed E-state index contributed by atoms with van der Waals surface area (Å²) >= 11 is 0. The summed E-state index contributed by atoms with van der Waals surface area (Å²) in [6, 6.07) is 7.56. The molecule has 1 aliphatic heterocycles. The van der Waals surface area contributed by atoms with Crippen LogP contribution in [0.3, 0.4) is 0 Å². The van der Waals surface area contributed by atoms with E-state index in [4.69, 9.17) is 14.7 Å². The lowest BCUT2D eigenvalue weighted by Gasteiger charge is -2.18. The van der Waals surface area contributed by atoms with E-state index in [1.807, 2.05) is 24.3 Å². The van der Waals surface area contributed by atoms with E-state index in [9.17, 15) is 9.59 Å². The molecule has 0 aliphatic carbocycles. The molecular formula is C19H20N4O4. The summed E-state index contributed by atoms with van der Waals surface area (Å²) in [5, 5.41) is 16.0. The molecule has 0 fully saturated rings. The van der Waals surface area contributed by atoms with Crippen molar-refractivity contribution in [2.45, 2.75) is 26.8 Å². The van der Waals surface area contributed by atoms with E-state index in [-0.39, 0.29) is 18.0 Å². The van der Waals surface area contributed by atoms with Crippen LogP contribution in [-0.4, -0.2) is 35.4 Å². The van der Waals surface area contributed by atoms with Crippen molar-refractivity contribution in [3.63, 3.8) is 0 Å². The number of benzene rings is 1. The third kappa shape index (κ3) is 4.08. The largest absolute Gasteiger partial charge is 0.486 e.